The molecule has 22 heavy (non-hydrogen) atoms. The van der Waals surface area contributed by atoms with Crippen molar-refractivity contribution in [2.24, 2.45) is 0 Å². The van der Waals surface area contributed by atoms with Crippen molar-refractivity contribution in [2.45, 2.75) is 84.1 Å². The van der Waals surface area contributed by atoms with Crippen molar-refractivity contribution in [3.05, 3.63) is 35.9 Å². The summed E-state index contributed by atoms with van der Waals surface area (Å²) < 4.78 is 0. The van der Waals surface area contributed by atoms with Crippen LogP contribution in [-0.2, 0) is 0 Å². The van der Waals surface area contributed by atoms with Gasteiger partial charge in [-0.3, -0.25) is 4.79 Å². The van der Waals surface area contributed by atoms with E-state index in [2.05, 4.69) is 19.2 Å². The van der Waals surface area contributed by atoms with E-state index in [-0.39, 0.29) is 5.91 Å². The van der Waals surface area contributed by atoms with Crippen molar-refractivity contribution < 1.29 is 4.79 Å². The van der Waals surface area contributed by atoms with Crippen LogP contribution in [0.25, 0.3) is 0 Å². The van der Waals surface area contributed by atoms with Crippen LogP contribution in [0, 0.1) is 0 Å². The van der Waals surface area contributed by atoms with Gasteiger partial charge >= 0.3 is 0 Å². The van der Waals surface area contributed by atoms with Crippen LogP contribution in [0.5, 0.6) is 0 Å². The van der Waals surface area contributed by atoms with Gasteiger partial charge in [0.05, 0.1) is 0 Å². The Balaban J connectivity index is 2.34. The molecule has 0 saturated carbocycles. The van der Waals surface area contributed by atoms with E-state index in [1.165, 1.54) is 51.4 Å². The van der Waals surface area contributed by atoms with Gasteiger partial charge in [-0.05, 0) is 25.0 Å². The van der Waals surface area contributed by atoms with Gasteiger partial charge in [0.1, 0.15) is 0 Å². The summed E-state index contributed by atoms with van der Waals surface area (Å²) in [5, 5.41) is 3.23. The van der Waals surface area contributed by atoms with Gasteiger partial charge < -0.3 is 5.32 Å². The van der Waals surface area contributed by atoms with Gasteiger partial charge in [0.25, 0.3) is 5.91 Å². The number of benzene rings is 1. The Labute approximate surface area is 136 Å². The Morgan fingerprint density at radius 3 is 2.14 bits per heavy atom. The summed E-state index contributed by atoms with van der Waals surface area (Å²) in [6.45, 7) is 4.46. The van der Waals surface area contributed by atoms with Crippen molar-refractivity contribution in [2.75, 3.05) is 0 Å². The molecule has 1 rings (SSSR count). The Bertz CT molecular complexity index is 388. The molecule has 0 heterocycles. The molecule has 2 heteroatoms. The summed E-state index contributed by atoms with van der Waals surface area (Å²) in [5.74, 6) is 0.0766. The van der Waals surface area contributed by atoms with E-state index in [9.17, 15) is 4.79 Å². The van der Waals surface area contributed by atoms with Gasteiger partial charge in [0, 0.05) is 11.6 Å². The van der Waals surface area contributed by atoms with E-state index >= 15 is 0 Å². The molecule has 0 radical (unpaired) electrons. The number of hydrogen-bond donors (Lipinski definition) is 1. The first kappa shape index (κ1) is 18.7. The molecule has 1 aromatic carbocycles. The number of carbonyl (C=O) groups is 1. The second-order valence-corrected chi connectivity index (χ2v) is 6.24. The van der Waals surface area contributed by atoms with Gasteiger partial charge in [0.2, 0.25) is 0 Å². The third-order valence-corrected chi connectivity index (χ3v) is 4.18. The molecule has 0 aliphatic rings. The standard InChI is InChI=1S/C20H33NO/c1-3-5-7-8-9-13-17-19(16-6-4-2)21-20(22)18-14-11-10-12-15-18/h10-12,14-15,19H,3-9,13,16-17H2,1-2H3,(H,21,22)/t19-/m0/s1. The van der Waals surface area contributed by atoms with Crippen molar-refractivity contribution in [3.63, 3.8) is 0 Å². The molecule has 0 aliphatic carbocycles. The molecule has 1 aromatic rings. The van der Waals surface area contributed by atoms with Crippen LogP contribution in [0.4, 0.5) is 0 Å². The number of carbonyl (C=O) groups excluding carboxylic acids is 1. The fraction of sp³-hybridized carbons (Fsp3) is 0.650. The first-order valence-electron chi connectivity index (χ1n) is 9.13. The molecule has 1 atom stereocenters. The highest BCUT2D eigenvalue weighted by Gasteiger charge is 2.12. The maximum Gasteiger partial charge on any atom is 0.251 e. The third-order valence-electron chi connectivity index (χ3n) is 4.18. The van der Waals surface area contributed by atoms with E-state index in [0.717, 1.165) is 18.4 Å². The Morgan fingerprint density at radius 1 is 0.864 bits per heavy atom. The van der Waals surface area contributed by atoms with Crippen molar-refractivity contribution in [1.29, 1.82) is 0 Å². The van der Waals surface area contributed by atoms with Crippen molar-refractivity contribution in [1.82, 2.24) is 5.32 Å². The third kappa shape index (κ3) is 8.21. The van der Waals surface area contributed by atoms with Gasteiger partial charge in [-0.15, -0.1) is 0 Å². The average Bonchev–Trinajstić information content (AvgIpc) is 2.56. The van der Waals surface area contributed by atoms with E-state index in [1.54, 1.807) is 0 Å². The predicted octanol–water partition coefficient (Wildman–Crippen LogP) is 5.73. The maximum atomic E-state index is 12.3. The van der Waals surface area contributed by atoms with Crippen LogP contribution in [0.1, 0.15) is 88.4 Å². The van der Waals surface area contributed by atoms with Crippen LogP contribution in [0.2, 0.25) is 0 Å². The first-order chi connectivity index (χ1) is 10.8. The minimum Gasteiger partial charge on any atom is -0.349 e. The zero-order valence-electron chi connectivity index (χ0n) is 14.4. The Hall–Kier alpha value is -1.31. The molecule has 0 unspecified atom stereocenters. The zero-order chi connectivity index (χ0) is 16.0. The molecular weight excluding hydrogens is 270 g/mol. The quantitative estimate of drug-likeness (QED) is 0.491. The Morgan fingerprint density at radius 2 is 1.45 bits per heavy atom. The molecule has 0 saturated heterocycles. The molecule has 1 N–H and O–H groups in total. The normalized spacial score (nSPS) is 12.1. The lowest BCUT2D eigenvalue weighted by Gasteiger charge is -2.18. The maximum absolute atomic E-state index is 12.3. The van der Waals surface area contributed by atoms with Crippen LogP contribution >= 0.6 is 0 Å². The fourth-order valence-corrected chi connectivity index (χ4v) is 2.77. The zero-order valence-corrected chi connectivity index (χ0v) is 14.4. The summed E-state index contributed by atoms with van der Waals surface area (Å²) in [6.07, 6.45) is 12.5. The van der Waals surface area contributed by atoms with Gasteiger partial charge in [-0.25, -0.2) is 0 Å². The van der Waals surface area contributed by atoms with Crippen LogP contribution < -0.4 is 5.32 Å². The number of rotatable bonds is 12. The van der Waals surface area contributed by atoms with Crippen molar-refractivity contribution >= 4 is 5.91 Å². The lowest BCUT2D eigenvalue weighted by molar-refractivity contribution is 0.0931. The highest BCUT2D eigenvalue weighted by atomic mass is 16.1. The highest BCUT2D eigenvalue weighted by Crippen LogP contribution is 2.13. The lowest BCUT2D eigenvalue weighted by Crippen LogP contribution is -2.34. The highest BCUT2D eigenvalue weighted by molar-refractivity contribution is 5.94. The van der Waals surface area contributed by atoms with E-state index < -0.39 is 0 Å². The van der Waals surface area contributed by atoms with Gasteiger partial charge in [-0.2, -0.15) is 0 Å². The van der Waals surface area contributed by atoms with Gasteiger partial charge in [0.15, 0.2) is 0 Å². The topological polar surface area (TPSA) is 29.1 Å². The molecule has 0 bridgehead atoms. The molecular formula is C20H33NO. The molecule has 0 aliphatic heterocycles. The number of amides is 1. The average molecular weight is 303 g/mol. The Kier molecular flexibility index (Phi) is 10.4. The molecule has 1 amide bonds. The van der Waals surface area contributed by atoms with Gasteiger partial charge in [-0.1, -0.05) is 83.4 Å². The number of nitrogens with one attached hydrogen (secondary N) is 1. The molecule has 0 aromatic heterocycles. The smallest absolute Gasteiger partial charge is 0.251 e. The monoisotopic (exact) mass is 303 g/mol. The minimum atomic E-state index is 0.0766. The predicted molar refractivity (Wildman–Crippen MR) is 95.2 cm³/mol. The van der Waals surface area contributed by atoms with Crippen LogP contribution in [0.15, 0.2) is 30.3 Å². The first-order valence-corrected chi connectivity index (χ1v) is 9.13. The largest absolute Gasteiger partial charge is 0.349 e. The molecule has 0 fully saturated rings. The summed E-state index contributed by atoms with van der Waals surface area (Å²) in [4.78, 5) is 12.3. The summed E-state index contributed by atoms with van der Waals surface area (Å²) in [6, 6.07) is 9.89. The summed E-state index contributed by atoms with van der Waals surface area (Å²) in [5.41, 5.74) is 0.770. The van der Waals surface area contributed by atoms with E-state index in [4.69, 9.17) is 0 Å². The molecule has 124 valence electrons. The summed E-state index contributed by atoms with van der Waals surface area (Å²) >= 11 is 0. The second-order valence-electron chi connectivity index (χ2n) is 6.24. The van der Waals surface area contributed by atoms with Crippen LogP contribution in [-0.4, -0.2) is 11.9 Å². The van der Waals surface area contributed by atoms with Crippen LogP contribution in [0.3, 0.4) is 0 Å². The number of unbranched alkanes of at least 4 members (excludes halogenated alkanes) is 6. The van der Waals surface area contributed by atoms with E-state index in [1.807, 2.05) is 30.3 Å². The molecule has 2 nitrogen and oxygen atoms in total. The van der Waals surface area contributed by atoms with E-state index in [0.29, 0.717) is 6.04 Å². The summed E-state index contributed by atoms with van der Waals surface area (Å²) in [7, 11) is 0. The number of hydrogen-bond acceptors (Lipinski definition) is 1. The molecule has 0 spiro atoms. The lowest BCUT2D eigenvalue weighted by atomic mass is 10.0. The second kappa shape index (κ2) is 12.3. The van der Waals surface area contributed by atoms with Crippen molar-refractivity contribution in [3.8, 4) is 0 Å². The fourth-order valence-electron chi connectivity index (χ4n) is 2.77. The SMILES string of the molecule is CCCCCCCC[C@H](CCCC)NC(=O)c1ccccc1. The minimum absolute atomic E-state index is 0.0766.